The molecule has 1 amide bonds. The molecule has 0 spiro atoms. The number of carbonyl (C=O) groups is 1. The molecule has 0 radical (unpaired) electrons. The molecular formula is C20H15N5O. The summed E-state index contributed by atoms with van der Waals surface area (Å²) in [5, 5.41) is 2.92. The zero-order valence-electron chi connectivity index (χ0n) is 13.8. The van der Waals surface area contributed by atoms with Crippen molar-refractivity contribution in [3.63, 3.8) is 0 Å². The molecule has 0 saturated heterocycles. The Kier molecular flexibility index (Phi) is 4.22. The van der Waals surface area contributed by atoms with Gasteiger partial charge in [0.2, 0.25) is 0 Å². The zero-order chi connectivity index (χ0) is 17.8. The van der Waals surface area contributed by atoms with Crippen LogP contribution in [0.3, 0.4) is 0 Å². The van der Waals surface area contributed by atoms with Gasteiger partial charge in [0.1, 0.15) is 6.33 Å². The standard InChI is InChI=1S/C20H15N5O/c26-20(18-12-22-13-23-19(18)15-5-2-1-3-6-15)24-16-7-4-8-17(11-16)25-10-9-21-14-25/h1-14H,(H,24,26). The Labute approximate surface area is 150 Å². The topological polar surface area (TPSA) is 72.7 Å². The monoisotopic (exact) mass is 341 g/mol. The van der Waals surface area contributed by atoms with Crippen LogP contribution in [0.1, 0.15) is 10.4 Å². The van der Waals surface area contributed by atoms with Crippen molar-refractivity contribution in [3.8, 4) is 16.9 Å². The highest BCUT2D eigenvalue weighted by molar-refractivity contribution is 6.07. The number of aromatic nitrogens is 4. The molecule has 0 fully saturated rings. The van der Waals surface area contributed by atoms with Gasteiger partial charge < -0.3 is 9.88 Å². The molecule has 0 atom stereocenters. The van der Waals surface area contributed by atoms with Gasteiger partial charge in [0.25, 0.3) is 5.91 Å². The van der Waals surface area contributed by atoms with Gasteiger partial charge in [0.15, 0.2) is 0 Å². The first-order chi connectivity index (χ1) is 12.8. The molecule has 0 aliphatic rings. The summed E-state index contributed by atoms with van der Waals surface area (Å²) in [5.41, 5.74) is 3.49. The predicted molar refractivity (Wildman–Crippen MR) is 99.0 cm³/mol. The summed E-state index contributed by atoms with van der Waals surface area (Å²) in [6, 6.07) is 17.1. The van der Waals surface area contributed by atoms with E-state index in [4.69, 9.17) is 0 Å². The summed E-state index contributed by atoms with van der Waals surface area (Å²) >= 11 is 0. The average Bonchev–Trinajstić information content (AvgIpc) is 3.24. The number of hydrogen-bond donors (Lipinski definition) is 1. The second-order valence-electron chi connectivity index (χ2n) is 5.63. The van der Waals surface area contributed by atoms with Crippen LogP contribution in [0.2, 0.25) is 0 Å². The smallest absolute Gasteiger partial charge is 0.259 e. The molecule has 2 heterocycles. The van der Waals surface area contributed by atoms with Gasteiger partial charge in [-0.05, 0) is 18.2 Å². The van der Waals surface area contributed by atoms with Gasteiger partial charge in [0, 0.05) is 35.5 Å². The molecule has 0 saturated carbocycles. The molecule has 0 aliphatic heterocycles. The van der Waals surface area contributed by atoms with Gasteiger partial charge in [-0.3, -0.25) is 4.79 Å². The second kappa shape index (κ2) is 6.98. The summed E-state index contributed by atoms with van der Waals surface area (Å²) in [7, 11) is 0. The Morgan fingerprint density at radius 2 is 1.88 bits per heavy atom. The highest BCUT2D eigenvalue weighted by Gasteiger charge is 2.14. The first kappa shape index (κ1) is 15.7. The number of rotatable bonds is 4. The van der Waals surface area contributed by atoms with Crippen molar-refractivity contribution in [2.75, 3.05) is 5.32 Å². The SMILES string of the molecule is O=C(Nc1cccc(-n2ccnc2)c1)c1cncnc1-c1ccccc1. The number of anilines is 1. The Morgan fingerprint density at radius 3 is 2.69 bits per heavy atom. The minimum absolute atomic E-state index is 0.257. The minimum Gasteiger partial charge on any atom is -0.322 e. The molecule has 1 N–H and O–H groups in total. The van der Waals surface area contributed by atoms with Crippen LogP contribution in [-0.2, 0) is 0 Å². The third-order valence-corrected chi connectivity index (χ3v) is 3.91. The van der Waals surface area contributed by atoms with Gasteiger partial charge in [-0.15, -0.1) is 0 Å². The van der Waals surface area contributed by atoms with Crippen molar-refractivity contribution in [2.45, 2.75) is 0 Å². The van der Waals surface area contributed by atoms with Crippen LogP contribution in [0.25, 0.3) is 16.9 Å². The van der Waals surface area contributed by atoms with Crippen LogP contribution in [0.5, 0.6) is 0 Å². The Hall–Kier alpha value is -3.80. The summed E-state index contributed by atoms with van der Waals surface area (Å²) in [6.07, 6.45) is 8.24. The van der Waals surface area contributed by atoms with E-state index < -0.39 is 0 Å². The van der Waals surface area contributed by atoms with E-state index in [0.29, 0.717) is 16.9 Å². The Morgan fingerprint density at radius 1 is 1.00 bits per heavy atom. The molecular weight excluding hydrogens is 326 g/mol. The third-order valence-electron chi connectivity index (χ3n) is 3.91. The van der Waals surface area contributed by atoms with Gasteiger partial charge >= 0.3 is 0 Å². The van der Waals surface area contributed by atoms with Gasteiger partial charge in [-0.2, -0.15) is 0 Å². The number of nitrogens with zero attached hydrogens (tertiary/aromatic N) is 4. The van der Waals surface area contributed by atoms with E-state index in [0.717, 1.165) is 11.3 Å². The largest absolute Gasteiger partial charge is 0.322 e. The fourth-order valence-corrected chi connectivity index (χ4v) is 2.68. The molecule has 0 aliphatic carbocycles. The molecule has 2 aromatic carbocycles. The van der Waals surface area contributed by atoms with Crippen molar-refractivity contribution >= 4 is 11.6 Å². The number of benzene rings is 2. The van der Waals surface area contributed by atoms with E-state index in [9.17, 15) is 4.79 Å². The van der Waals surface area contributed by atoms with Crippen LogP contribution in [0, 0.1) is 0 Å². The van der Waals surface area contributed by atoms with E-state index in [1.165, 1.54) is 12.5 Å². The predicted octanol–water partition coefficient (Wildman–Crippen LogP) is 3.58. The van der Waals surface area contributed by atoms with Gasteiger partial charge in [0.05, 0.1) is 17.6 Å². The van der Waals surface area contributed by atoms with Crippen LogP contribution in [0.15, 0.2) is 85.8 Å². The number of nitrogens with one attached hydrogen (secondary N) is 1. The first-order valence-electron chi connectivity index (χ1n) is 8.06. The molecule has 126 valence electrons. The van der Waals surface area contributed by atoms with E-state index in [-0.39, 0.29) is 5.91 Å². The van der Waals surface area contributed by atoms with E-state index in [1.54, 1.807) is 12.5 Å². The maximum Gasteiger partial charge on any atom is 0.259 e. The van der Waals surface area contributed by atoms with Crippen molar-refractivity contribution in [1.29, 1.82) is 0 Å². The summed E-state index contributed by atoms with van der Waals surface area (Å²) in [6.45, 7) is 0. The fourth-order valence-electron chi connectivity index (χ4n) is 2.68. The highest BCUT2D eigenvalue weighted by atomic mass is 16.1. The zero-order valence-corrected chi connectivity index (χ0v) is 13.8. The molecule has 26 heavy (non-hydrogen) atoms. The third kappa shape index (κ3) is 3.21. The highest BCUT2D eigenvalue weighted by Crippen LogP contribution is 2.22. The Bertz CT molecular complexity index is 1030. The summed E-state index contributed by atoms with van der Waals surface area (Å²) in [5.74, 6) is -0.257. The molecule has 2 aromatic heterocycles. The number of carbonyl (C=O) groups excluding carboxylic acids is 1. The first-order valence-corrected chi connectivity index (χ1v) is 8.06. The summed E-state index contributed by atoms with van der Waals surface area (Å²) < 4.78 is 1.87. The molecule has 0 bridgehead atoms. The van der Waals surface area contributed by atoms with E-state index in [1.807, 2.05) is 65.4 Å². The lowest BCUT2D eigenvalue weighted by molar-refractivity contribution is 0.102. The van der Waals surface area contributed by atoms with Crippen LogP contribution >= 0.6 is 0 Å². The minimum atomic E-state index is -0.257. The number of amides is 1. The quantitative estimate of drug-likeness (QED) is 0.616. The van der Waals surface area contributed by atoms with Crippen LogP contribution in [0.4, 0.5) is 5.69 Å². The molecule has 6 nitrogen and oxygen atoms in total. The maximum atomic E-state index is 12.8. The van der Waals surface area contributed by atoms with Gasteiger partial charge in [-0.1, -0.05) is 36.4 Å². The van der Waals surface area contributed by atoms with Crippen molar-refractivity contribution < 1.29 is 4.79 Å². The maximum absolute atomic E-state index is 12.8. The molecule has 4 aromatic rings. The lowest BCUT2D eigenvalue weighted by Gasteiger charge is -2.10. The number of hydrogen-bond acceptors (Lipinski definition) is 4. The Balaban J connectivity index is 1.63. The lowest BCUT2D eigenvalue weighted by Crippen LogP contribution is -2.14. The fraction of sp³-hybridized carbons (Fsp3) is 0. The molecule has 0 unspecified atom stereocenters. The normalized spacial score (nSPS) is 10.5. The second-order valence-corrected chi connectivity index (χ2v) is 5.63. The van der Waals surface area contributed by atoms with Crippen molar-refractivity contribution in [1.82, 2.24) is 19.5 Å². The molecule has 4 rings (SSSR count). The van der Waals surface area contributed by atoms with E-state index in [2.05, 4.69) is 20.3 Å². The van der Waals surface area contributed by atoms with E-state index >= 15 is 0 Å². The van der Waals surface area contributed by atoms with Gasteiger partial charge in [-0.25, -0.2) is 15.0 Å². The summed E-state index contributed by atoms with van der Waals surface area (Å²) in [4.78, 5) is 25.1. The van der Waals surface area contributed by atoms with Crippen molar-refractivity contribution in [3.05, 3.63) is 91.4 Å². The van der Waals surface area contributed by atoms with Crippen LogP contribution < -0.4 is 5.32 Å². The van der Waals surface area contributed by atoms with Crippen molar-refractivity contribution in [2.24, 2.45) is 0 Å². The molecule has 6 heteroatoms. The number of imidazole rings is 1. The lowest BCUT2D eigenvalue weighted by atomic mass is 10.1. The van der Waals surface area contributed by atoms with Crippen LogP contribution in [-0.4, -0.2) is 25.4 Å². The average molecular weight is 341 g/mol.